The van der Waals surface area contributed by atoms with E-state index in [2.05, 4.69) is 0 Å². The Labute approximate surface area is 91.2 Å². The van der Waals surface area contributed by atoms with Gasteiger partial charge in [0, 0.05) is 0 Å². The molecular formula is C6H5Cl2NaO. The number of benzene rings is 1. The van der Waals surface area contributed by atoms with Gasteiger partial charge in [0.15, 0.2) is 5.75 Å². The van der Waals surface area contributed by atoms with E-state index in [-0.39, 0.29) is 45.4 Å². The van der Waals surface area contributed by atoms with Crippen LogP contribution in [0.4, 0.5) is 0 Å². The summed E-state index contributed by atoms with van der Waals surface area (Å²) in [4.78, 5) is 0. The summed E-state index contributed by atoms with van der Waals surface area (Å²) < 4.78 is 0. The third kappa shape index (κ3) is 2.33. The molecule has 0 saturated carbocycles. The van der Waals surface area contributed by atoms with E-state index in [1.807, 2.05) is 0 Å². The zero-order chi connectivity index (χ0) is 6.85. The van der Waals surface area contributed by atoms with Crippen LogP contribution in [0.5, 0.6) is 5.75 Å². The van der Waals surface area contributed by atoms with Crippen LogP contribution in [-0.4, -0.2) is 34.7 Å². The zero-order valence-corrected chi connectivity index (χ0v) is 5.95. The maximum atomic E-state index is 8.94. The number of phenolic OH excluding ortho intramolecular Hbond substituents is 1. The molecule has 0 heterocycles. The molecule has 0 spiro atoms. The minimum absolute atomic E-state index is 0. The average molecular weight is 187 g/mol. The van der Waals surface area contributed by atoms with Crippen LogP contribution in [0.3, 0.4) is 0 Å². The third-order valence-corrected chi connectivity index (χ3v) is 1.55. The minimum atomic E-state index is -0.0548. The number of hydrogen-bond acceptors (Lipinski definition) is 1. The van der Waals surface area contributed by atoms with Gasteiger partial charge in [0.2, 0.25) is 0 Å². The molecule has 1 rings (SSSR count). The number of halogens is 2. The van der Waals surface area contributed by atoms with Gasteiger partial charge >= 0.3 is 29.6 Å². The topological polar surface area (TPSA) is 20.2 Å². The summed E-state index contributed by atoms with van der Waals surface area (Å²) in [7, 11) is 0. The predicted octanol–water partition coefficient (Wildman–Crippen LogP) is 2.05. The molecule has 1 nitrogen and oxygen atoms in total. The summed E-state index contributed by atoms with van der Waals surface area (Å²) >= 11 is 11.0. The predicted molar refractivity (Wildman–Crippen MR) is 45.3 cm³/mol. The van der Waals surface area contributed by atoms with Gasteiger partial charge in [-0.2, -0.15) is 0 Å². The second-order valence-electron chi connectivity index (χ2n) is 1.57. The molecule has 0 atom stereocenters. The van der Waals surface area contributed by atoms with Crippen molar-refractivity contribution in [2.24, 2.45) is 0 Å². The van der Waals surface area contributed by atoms with Gasteiger partial charge in [-0.3, -0.25) is 0 Å². The fourth-order valence-electron chi connectivity index (χ4n) is 0.489. The Morgan fingerprint density at radius 3 is 1.80 bits per heavy atom. The second kappa shape index (κ2) is 4.47. The van der Waals surface area contributed by atoms with Crippen LogP contribution >= 0.6 is 23.2 Å². The summed E-state index contributed by atoms with van der Waals surface area (Å²) in [5.74, 6) is -0.0548. The zero-order valence-electron chi connectivity index (χ0n) is 4.44. The van der Waals surface area contributed by atoms with E-state index in [4.69, 9.17) is 28.3 Å². The summed E-state index contributed by atoms with van der Waals surface area (Å²) in [6.07, 6.45) is 0. The van der Waals surface area contributed by atoms with Gasteiger partial charge in [-0.1, -0.05) is 29.3 Å². The Morgan fingerprint density at radius 1 is 1.10 bits per heavy atom. The van der Waals surface area contributed by atoms with Crippen LogP contribution in [-0.2, 0) is 0 Å². The van der Waals surface area contributed by atoms with Crippen LogP contribution in [0.1, 0.15) is 0 Å². The standard InChI is InChI=1S/C6H4Cl2O.Na.H/c7-4-2-1-3-5(8)6(4)9;;/h1-3,9H;;. The molecule has 4 heteroatoms. The van der Waals surface area contributed by atoms with Crippen molar-refractivity contribution in [2.75, 3.05) is 0 Å². The molecule has 0 aliphatic heterocycles. The van der Waals surface area contributed by atoms with Crippen LogP contribution in [0.25, 0.3) is 0 Å². The fraction of sp³-hybridized carbons (Fsp3) is 0. The van der Waals surface area contributed by atoms with E-state index >= 15 is 0 Å². The third-order valence-electron chi connectivity index (χ3n) is 0.938. The van der Waals surface area contributed by atoms with Crippen molar-refractivity contribution in [1.82, 2.24) is 0 Å². The SMILES string of the molecule is Oc1c(Cl)cccc1Cl.[NaH]. The Bertz CT molecular complexity index is 207. The van der Waals surface area contributed by atoms with E-state index in [1.165, 1.54) is 0 Å². The Balaban J connectivity index is 0.000000810. The molecule has 0 radical (unpaired) electrons. The molecule has 0 saturated heterocycles. The Morgan fingerprint density at radius 2 is 1.50 bits per heavy atom. The molecule has 0 bridgehead atoms. The number of aromatic hydroxyl groups is 1. The first-order valence-corrected chi connectivity index (χ1v) is 3.10. The van der Waals surface area contributed by atoms with Crippen molar-refractivity contribution in [3.8, 4) is 5.75 Å². The van der Waals surface area contributed by atoms with E-state index in [0.29, 0.717) is 0 Å². The Kier molecular flexibility index (Phi) is 4.74. The van der Waals surface area contributed by atoms with E-state index in [1.54, 1.807) is 18.2 Å². The van der Waals surface area contributed by atoms with Crippen molar-refractivity contribution in [1.29, 1.82) is 0 Å². The molecule has 0 aromatic heterocycles. The van der Waals surface area contributed by atoms with Gasteiger partial charge in [0.05, 0.1) is 10.0 Å². The summed E-state index contributed by atoms with van der Waals surface area (Å²) in [5, 5.41) is 9.50. The molecular weight excluding hydrogens is 182 g/mol. The van der Waals surface area contributed by atoms with Gasteiger partial charge in [0.25, 0.3) is 0 Å². The molecule has 0 unspecified atom stereocenters. The van der Waals surface area contributed by atoms with Gasteiger partial charge in [-0.05, 0) is 12.1 Å². The quantitative estimate of drug-likeness (QED) is 0.616. The molecule has 1 aromatic rings. The van der Waals surface area contributed by atoms with E-state index < -0.39 is 0 Å². The molecule has 10 heavy (non-hydrogen) atoms. The van der Waals surface area contributed by atoms with Crippen LogP contribution < -0.4 is 0 Å². The van der Waals surface area contributed by atoms with Crippen LogP contribution in [0.15, 0.2) is 18.2 Å². The first kappa shape index (κ1) is 10.6. The molecule has 0 fully saturated rings. The number of para-hydroxylation sites is 1. The molecule has 0 aliphatic rings. The molecule has 1 N–H and O–H groups in total. The first-order valence-electron chi connectivity index (χ1n) is 2.35. The van der Waals surface area contributed by atoms with Crippen molar-refractivity contribution >= 4 is 52.8 Å². The summed E-state index contributed by atoms with van der Waals surface area (Å²) in [5.41, 5.74) is 0. The fourth-order valence-corrected chi connectivity index (χ4v) is 0.886. The Hall–Kier alpha value is 0.600. The maximum absolute atomic E-state index is 8.94. The van der Waals surface area contributed by atoms with Crippen molar-refractivity contribution in [3.63, 3.8) is 0 Å². The van der Waals surface area contributed by atoms with Crippen LogP contribution in [0.2, 0.25) is 10.0 Å². The van der Waals surface area contributed by atoms with Crippen molar-refractivity contribution in [3.05, 3.63) is 28.2 Å². The molecule has 50 valence electrons. The van der Waals surface area contributed by atoms with Crippen molar-refractivity contribution < 1.29 is 5.11 Å². The monoisotopic (exact) mass is 186 g/mol. The van der Waals surface area contributed by atoms with E-state index in [9.17, 15) is 0 Å². The number of hydrogen-bond donors (Lipinski definition) is 1. The number of rotatable bonds is 0. The van der Waals surface area contributed by atoms with E-state index in [0.717, 1.165) is 0 Å². The number of phenols is 1. The van der Waals surface area contributed by atoms with Gasteiger partial charge < -0.3 is 5.11 Å². The molecule has 1 aromatic carbocycles. The van der Waals surface area contributed by atoms with Crippen molar-refractivity contribution in [2.45, 2.75) is 0 Å². The summed E-state index contributed by atoms with van der Waals surface area (Å²) in [6, 6.07) is 4.82. The van der Waals surface area contributed by atoms with Gasteiger partial charge in [-0.25, -0.2) is 0 Å². The van der Waals surface area contributed by atoms with Gasteiger partial charge in [-0.15, -0.1) is 0 Å². The summed E-state index contributed by atoms with van der Waals surface area (Å²) in [6.45, 7) is 0. The second-order valence-corrected chi connectivity index (χ2v) is 2.38. The first-order chi connectivity index (χ1) is 4.22. The van der Waals surface area contributed by atoms with Crippen LogP contribution in [0, 0.1) is 0 Å². The normalized spacial score (nSPS) is 8.60. The molecule has 0 amide bonds. The van der Waals surface area contributed by atoms with Gasteiger partial charge in [0.1, 0.15) is 0 Å². The average Bonchev–Trinajstić information content (AvgIpc) is 1.83. The molecule has 0 aliphatic carbocycles.